The number of para-hydroxylation sites is 2. The van der Waals surface area contributed by atoms with E-state index in [2.05, 4.69) is 15.6 Å². The number of amides is 2. The molecule has 3 N–H and O–H groups in total. The van der Waals surface area contributed by atoms with E-state index in [4.69, 9.17) is 4.42 Å². The van der Waals surface area contributed by atoms with E-state index in [0.29, 0.717) is 23.0 Å². The summed E-state index contributed by atoms with van der Waals surface area (Å²) in [5.74, 6) is 0. The van der Waals surface area contributed by atoms with Crippen LogP contribution in [0.4, 0.5) is 22.2 Å². The van der Waals surface area contributed by atoms with Gasteiger partial charge in [-0.3, -0.25) is 0 Å². The summed E-state index contributed by atoms with van der Waals surface area (Å²) < 4.78 is 32.3. The van der Waals surface area contributed by atoms with Crippen molar-refractivity contribution in [3.63, 3.8) is 0 Å². The predicted molar refractivity (Wildman–Crippen MR) is 114 cm³/mol. The lowest BCUT2D eigenvalue weighted by atomic mass is 10.2. The molecule has 0 spiro atoms. The van der Waals surface area contributed by atoms with Crippen LogP contribution in [0.3, 0.4) is 0 Å². The summed E-state index contributed by atoms with van der Waals surface area (Å²) in [6.45, 7) is 1.85. The summed E-state index contributed by atoms with van der Waals surface area (Å²) in [5.41, 5.74) is 3.29. The van der Waals surface area contributed by atoms with Gasteiger partial charge >= 0.3 is 6.03 Å². The SMILES string of the molecule is Cc1ccc(S(=O)(=O)NC(=O)Nc2cccc(Nc3nc4ccccc4o3)c2)cc1. The molecule has 152 valence electrons. The fourth-order valence-corrected chi connectivity index (χ4v) is 3.69. The van der Waals surface area contributed by atoms with E-state index < -0.39 is 16.1 Å². The number of rotatable bonds is 5. The number of sulfonamides is 1. The zero-order valence-electron chi connectivity index (χ0n) is 15.9. The van der Waals surface area contributed by atoms with Crippen LogP contribution in [0.25, 0.3) is 11.1 Å². The zero-order chi connectivity index (χ0) is 21.1. The Balaban J connectivity index is 1.44. The van der Waals surface area contributed by atoms with Crippen molar-refractivity contribution in [2.24, 2.45) is 0 Å². The average Bonchev–Trinajstić information content (AvgIpc) is 3.10. The molecule has 4 aromatic rings. The van der Waals surface area contributed by atoms with Crippen molar-refractivity contribution in [2.45, 2.75) is 11.8 Å². The Morgan fingerprint density at radius 2 is 1.67 bits per heavy atom. The second-order valence-electron chi connectivity index (χ2n) is 6.57. The number of aromatic nitrogens is 1. The summed E-state index contributed by atoms with van der Waals surface area (Å²) in [6, 6.07) is 19.7. The lowest BCUT2D eigenvalue weighted by Gasteiger charge is -2.10. The molecule has 0 atom stereocenters. The summed E-state index contributed by atoms with van der Waals surface area (Å²) in [5, 5.41) is 5.53. The monoisotopic (exact) mass is 422 g/mol. The Kier molecular flexibility index (Phi) is 5.11. The molecule has 30 heavy (non-hydrogen) atoms. The molecule has 8 nitrogen and oxygen atoms in total. The number of carbonyl (C=O) groups is 1. The molecule has 0 saturated heterocycles. The number of nitrogens with one attached hydrogen (secondary N) is 3. The molecule has 0 saturated carbocycles. The highest BCUT2D eigenvalue weighted by atomic mass is 32.2. The minimum absolute atomic E-state index is 0.00891. The molecule has 4 rings (SSSR count). The Hall–Kier alpha value is -3.85. The first-order chi connectivity index (χ1) is 14.4. The second kappa shape index (κ2) is 7.88. The zero-order valence-corrected chi connectivity index (χ0v) is 16.7. The molecule has 2 amide bonds. The number of anilines is 3. The molecular weight excluding hydrogens is 404 g/mol. The van der Waals surface area contributed by atoms with Gasteiger partial charge in [-0.05, 0) is 49.4 Å². The first-order valence-electron chi connectivity index (χ1n) is 9.02. The van der Waals surface area contributed by atoms with Crippen LogP contribution in [0.5, 0.6) is 0 Å². The number of hydrogen-bond acceptors (Lipinski definition) is 6. The molecular formula is C21H18N4O4S. The van der Waals surface area contributed by atoms with Gasteiger partial charge in [0.15, 0.2) is 5.58 Å². The molecule has 0 unspecified atom stereocenters. The van der Waals surface area contributed by atoms with Gasteiger partial charge in [0.05, 0.1) is 4.90 Å². The summed E-state index contributed by atoms with van der Waals surface area (Å²) in [4.78, 5) is 16.5. The minimum Gasteiger partial charge on any atom is -0.423 e. The van der Waals surface area contributed by atoms with Crippen LogP contribution in [0, 0.1) is 6.92 Å². The normalized spacial score (nSPS) is 11.2. The largest absolute Gasteiger partial charge is 0.423 e. The lowest BCUT2D eigenvalue weighted by Crippen LogP contribution is -2.34. The standard InChI is InChI=1S/C21H18N4O4S/c1-14-9-11-17(12-10-14)30(27,28)25-20(26)22-15-5-4-6-16(13-15)23-21-24-18-7-2-3-8-19(18)29-21/h2-13H,1H3,(H,23,24)(H2,22,25,26). The van der Waals surface area contributed by atoms with E-state index >= 15 is 0 Å². The van der Waals surface area contributed by atoms with Crippen LogP contribution in [0.15, 0.2) is 82.1 Å². The molecule has 0 radical (unpaired) electrons. The van der Waals surface area contributed by atoms with Gasteiger partial charge in [-0.15, -0.1) is 0 Å². The molecule has 0 bridgehead atoms. The van der Waals surface area contributed by atoms with Crippen LogP contribution in [0.2, 0.25) is 0 Å². The number of benzene rings is 3. The summed E-state index contributed by atoms with van der Waals surface area (Å²) >= 11 is 0. The summed E-state index contributed by atoms with van der Waals surface area (Å²) in [6.07, 6.45) is 0. The van der Waals surface area contributed by atoms with Gasteiger partial charge in [-0.1, -0.05) is 35.9 Å². The minimum atomic E-state index is -3.97. The van der Waals surface area contributed by atoms with Crippen molar-refractivity contribution in [3.8, 4) is 0 Å². The number of carbonyl (C=O) groups excluding carboxylic acids is 1. The molecule has 0 aliphatic rings. The maximum Gasteiger partial charge on any atom is 0.333 e. The first-order valence-corrected chi connectivity index (χ1v) is 10.5. The van der Waals surface area contributed by atoms with E-state index in [9.17, 15) is 13.2 Å². The predicted octanol–water partition coefficient (Wildman–Crippen LogP) is 4.39. The molecule has 1 heterocycles. The number of oxazole rings is 1. The van der Waals surface area contributed by atoms with Gasteiger partial charge in [0.1, 0.15) is 5.52 Å². The molecule has 1 aromatic heterocycles. The van der Waals surface area contributed by atoms with Crippen molar-refractivity contribution in [1.29, 1.82) is 0 Å². The number of nitrogens with zero attached hydrogens (tertiary/aromatic N) is 1. The van der Waals surface area contributed by atoms with Crippen molar-refractivity contribution in [2.75, 3.05) is 10.6 Å². The van der Waals surface area contributed by atoms with E-state index in [1.165, 1.54) is 12.1 Å². The molecule has 0 fully saturated rings. The van der Waals surface area contributed by atoms with Crippen molar-refractivity contribution >= 4 is 44.5 Å². The summed E-state index contributed by atoms with van der Waals surface area (Å²) in [7, 11) is -3.97. The van der Waals surface area contributed by atoms with Crippen LogP contribution in [0.1, 0.15) is 5.56 Å². The highest BCUT2D eigenvalue weighted by Gasteiger charge is 2.17. The number of aryl methyl sites for hydroxylation is 1. The quantitative estimate of drug-likeness (QED) is 0.440. The van der Waals surface area contributed by atoms with Crippen LogP contribution >= 0.6 is 0 Å². The van der Waals surface area contributed by atoms with Gasteiger partial charge < -0.3 is 15.1 Å². The molecule has 3 aromatic carbocycles. The Labute approximate surface area is 173 Å². The maximum absolute atomic E-state index is 12.3. The van der Waals surface area contributed by atoms with E-state index in [-0.39, 0.29) is 4.90 Å². The van der Waals surface area contributed by atoms with Crippen LogP contribution in [-0.4, -0.2) is 19.4 Å². The smallest absolute Gasteiger partial charge is 0.333 e. The third-order valence-electron chi connectivity index (χ3n) is 4.22. The van der Waals surface area contributed by atoms with Gasteiger partial charge in [0, 0.05) is 11.4 Å². The van der Waals surface area contributed by atoms with Crippen LogP contribution < -0.4 is 15.4 Å². The van der Waals surface area contributed by atoms with Crippen molar-refractivity contribution in [1.82, 2.24) is 9.71 Å². The fourth-order valence-electron chi connectivity index (χ4n) is 2.78. The molecule has 0 aliphatic heterocycles. The fraction of sp³-hybridized carbons (Fsp3) is 0.0476. The number of urea groups is 1. The number of fused-ring (bicyclic) bond motifs is 1. The highest BCUT2D eigenvalue weighted by molar-refractivity contribution is 7.90. The average molecular weight is 422 g/mol. The highest BCUT2D eigenvalue weighted by Crippen LogP contribution is 2.23. The first kappa shape index (κ1) is 19.5. The number of hydrogen-bond donors (Lipinski definition) is 3. The topological polar surface area (TPSA) is 113 Å². The molecule has 0 aliphatic carbocycles. The van der Waals surface area contributed by atoms with E-state index in [1.54, 1.807) is 36.4 Å². The van der Waals surface area contributed by atoms with Gasteiger partial charge in [-0.2, -0.15) is 4.98 Å². The third kappa shape index (κ3) is 4.41. The van der Waals surface area contributed by atoms with Gasteiger partial charge in [0.2, 0.25) is 0 Å². The molecule has 9 heteroatoms. The maximum atomic E-state index is 12.3. The van der Waals surface area contributed by atoms with Gasteiger partial charge in [-0.25, -0.2) is 17.9 Å². The van der Waals surface area contributed by atoms with Crippen molar-refractivity contribution in [3.05, 3.63) is 78.4 Å². The van der Waals surface area contributed by atoms with E-state index in [0.717, 1.165) is 11.1 Å². The Morgan fingerprint density at radius 3 is 2.43 bits per heavy atom. The van der Waals surface area contributed by atoms with Crippen LogP contribution in [-0.2, 0) is 10.0 Å². The van der Waals surface area contributed by atoms with Gasteiger partial charge in [0.25, 0.3) is 16.0 Å². The second-order valence-corrected chi connectivity index (χ2v) is 8.25. The lowest BCUT2D eigenvalue weighted by molar-refractivity contribution is 0.256. The van der Waals surface area contributed by atoms with E-state index in [1.807, 2.05) is 35.9 Å². The Morgan fingerprint density at radius 1 is 0.933 bits per heavy atom. The third-order valence-corrected chi connectivity index (χ3v) is 5.57. The van der Waals surface area contributed by atoms with Crippen molar-refractivity contribution < 1.29 is 17.6 Å². The Bertz CT molecular complexity index is 1280.